The molecule has 3 heterocycles. The fourth-order valence-electron chi connectivity index (χ4n) is 3.67. The van der Waals surface area contributed by atoms with Crippen molar-refractivity contribution >= 4 is 21.7 Å². The van der Waals surface area contributed by atoms with Crippen molar-refractivity contribution in [1.29, 1.82) is 0 Å². The number of aromatic nitrogens is 4. The Kier molecular flexibility index (Phi) is 4.37. The lowest BCUT2D eigenvalue weighted by Crippen LogP contribution is -2.34. The van der Waals surface area contributed by atoms with E-state index in [0.29, 0.717) is 5.92 Å². The van der Waals surface area contributed by atoms with Gasteiger partial charge in [0.15, 0.2) is 0 Å². The highest BCUT2D eigenvalue weighted by atomic mass is 79.9. The molecule has 2 aromatic heterocycles. The molecule has 0 saturated carbocycles. The predicted molar refractivity (Wildman–Crippen MR) is 104 cm³/mol. The van der Waals surface area contributed by atoms with Crippen LogP contribution in [0.3, 0.4) is 0 Å². The number of nitrogens with one attached hydrogen (secondary N) is 1. The molecular formula is C19H22BrN5. The van der Waals surface area contributed by atoms with Gasteiger partial charge >= 0.3 is 0 Å². The number of hydrogen-bond acceptors (Lipinski definition) is 3. The fourth-order valence-corrected chi connectivity index (χ4v) is 4.06. The number of nitrogens with zero attached hydrogens (tertiary/aromatic N) is 4. The summed E-state index contributed by atoms with van der Waals surface area (Å²) in [5.74, 6) is 1.72. The molecule has 1 aromatic carbocycles. The maximum absolute atomic E-state index is 4.72. The maximum Gasteiger partial charge on any atom is 0.132 e. The van der Waals surface area contributed by atoms with Gasteiger partial charge < -0.3 is 9.88 Å². The quantitative estimate of drug-likeness (QED) is 0.711. The molecule has 0 radical (unpaired) electrons. The first-order chi connectivity index (χ1) is 12.1. The average molecular weight is 400 g/mol. The molecule has 25 heavy (non-hydrogen) atoms. The second-order valence-electron chi connectivity index (χ2n) is 6.71. The van der Waals surface area contributed by atoms with Crippen LogP contribution in [0.15, 0.2) is 41.1 Å². The summed E-state index contributed by atoms with van der Waals surface area (Å²) >= 11 is 3.56. The van der Waals surface area contributed by atoms with Crippen molar-refractivity contribution in [1.82, 2.24) is 19.7 Å². The molecule has 0 amide bonds. The van der Waals surface area contributed by atoms with E-state index in [9.17, 15) is 0 Å². The lowest BCUT2D eigenvalue weighted by molar-refractivity contribution is 0.490. The second-order valence-corrected chi connectivity index (χ2v) is 7.63. The number of H-pyrrole nitrogens is 1. The zero-order valence-corrected chi connectivity index (χ0v) is 16.1. The van der Waals surface area contributed by atoms with Crippen LogP contribution in [0.25, 0.3) is 5.69 Å². The van der Waals surface area contributed by atoms with E-state index in [1.807, 2.05) is 18.5 Å². The molecule has 0 bridgehead atoms. The molecule has 1 saturated heterocycles. The molecule has 130 valence electrons. The van der Waals surface area contributed by atoms with E-state index in [0.717, 1.165) is 41.8 Å². The number of imidazole rings is 1. The van der Waals surface area contributed by atoms with E-state index < -0.39 is 0 Å². The molecule has 4 rings (SSSR count). The summed E-state index contributed by atoms with van der Waals surface area (Å²) in [6.45, 7) is 6.21. The van der Waals surface area contributed by atoms with Crippen molar-refractivity contribution in [3.63, 3.8) is 0 Å². The van der Waals surface area contributed by atoms with Gasteiger partial charge in [-0.2, -0.15) is 5.10 Å². The summed E-state index contributed by atoms with van der Waals surface area (Å²) < 4.78 is 3.12. The molecule has 0 atom stereocenters. The summed E-state index contributed by atoms with van der Waals surface area (Å²) in [5.41, 5.74) is 4.56. The van der Waals surface area contributed by atoms with Crippen LogP contribution in [-0.2, 0) is 0 Å². The molecule has 1 aliphatic rings. The van der Waals surface area contributed by atoms with Crippen molar-refractivity contribution in [2.24, 2.45) is 0 Å². The highest BCUT2D eigenvalue weighted by Crippen LogP contribution is 2.32. The van der Waals surface area contributed by atoms with Crippen LogP contribution in [0, 0.1) is 13.8 Å². The number of piperidine rings is 1. The highest BCUT2D eigenvalue weighted by molar-refractivity contribution is 9.10. The van der Waals surface area contributed by atoms with Gasteiger partial charge in [-0.1, -0.05) is 22.0 Å². The van der Waals surface area contributed by atoms with Gasteiger partial charge in [-0.15, -0.1) is 0 Å². The van der Waals surface area contributed by atoms with Crippen LogP contribution >= 0.6 is 15.9 Å². The molecule has 1 fully saturated rings. The molecule has 1 aliphatic heterocycles. The Morgan fingerprint density at radius 1 is 1.16 bits per heavy atom. The minimum absolute atomic E-state index is 0.547. The predicted octanol–water partition coefficient (Wildman–Crippen LogP) is 4.36. The number of hydrogen-bond donors (Lipinski definition) is 1. The van der Waals surface area contributed by atoms with E-state index in [1.165, 1.54) is 17.2 Å². The second kappa shape index (κ2) is 6.67. The highest BCUT2D eigenvalue weighted by Gasteiger charge is 2.25. The van der Waals surface area contributed by atoms with E-state index in [4.69, 9.17) is 5.10 Å². The third-order valence-corrected chi connectivity index (χ3v) is 5.43. The molecule has 5 nitrogen and oxygen atoms in total. The topological polar surface area (TPSA) is 49.7 Å². The number of benzene rings is 1. The molecule has 6 heteroatoms. The fraction of sp³-hybridized carbons (Fsp3) is 0.368. The monoisotopic (exact) mass is 399 g/mol. The van der Waals surface area contributed by atoms with Crippen LogP contribution in [0.4, 0.5) is 5.82 Å². The van der Waals surface area contributed by atoms with Gasteiger partial charge in [0.1, 0.15) is 5.82 Å². The van der Waals surface area contributed by atoms with Crippen LogP contribution in [-0.4, -0.2) is 32.8 Å². The third-order valence-electron chi connectivity index (χ3n) is 4.94. The number of anilines is 1. The number of halogens is 1. The van der Waals surface area contributed by atoms with Crippen LogP contribution in [0.1, 0.15) is 35.8 Å². The minimum Gasteiger partial charge on any atom is -0.356 e. The Bertz CT molecular complexity index is 874. The van der Waals surface area contributed by atoms with Gasteiger partial charge in [-0.25, -0.2) is 9.67 Å². The van der Waals surface area contributed by atoms with Gasteiger partial charge in [-0.3, -0.25) is 0 Å². The molecule has 3 aromatic rings. The summed E-state index contributed by atoms with van der Waals surface area (Å²) in [6, 6.07) is 10.5. The van der Waals surface area contributed by atoms with E-state index in [2.05, 4.69) is 67.5 Å². The smallest absolute Gasteiger partial charge is 0.132 e. The lowest BCUT2D eigenvalue weighted by Gasteiger charge is -2.33. The summed E-state index contributed by atoms with van der Waals surface area (Å²) in [4.78, 5) is 10.2. The van der Waals surface area contributed by atoms with E-state index in [-0.39, 0.29) is 0 Å². The van der Waals surface area contributed by atoms with E-state index in [1.54, 1.807) is 0 Å². The average Bonchev–Trinajstić information content (AvgIpc) is 3.21. The van der Waals surface area contributed by atoms with E-state index >= 15 is 0 Å². The van der Waals surface area contributed by atoms with Gasteiger partial charge in [0.05, 0.1) is 23.4 Å². The summed E-state index contributed by atoms with van der Waals surface area (Å²) in [5, 5.41) is 4.72. The minimum atomic E-state index is 0.547. The molecule has 0 aliphatic carbocycles. The Labute approximate surface area is 156 Å². The Morgan fingerprint density at radius 3 is 2.64 bits per heavy atom. The largest absolute Gasteiger partial charge is 0.356 e. The normalized spacial score (nSPS) is 15.7. The standard InChI is InChI=1S/C19H22BrN5/c1-13-10-18(25(23-13)17-5-3-4-16(20)11-17)24-8-6-15(7-9-24)19-14(2)21-12-22-19/h3-5,10-12,15H,6-9H2,1-2H3,(H,21,22). The maximum atomic E-state index is 4.72. The van der Waals surface area contributed by atoms with Crippen LogP contribution in [0.2, 0.25) is 0 Å². The van der Waals surface area contributed by atoms with Crippen molar-refractivity contribution < 1.29 is 0 Å². The molecule has 0 unspecified atom stereocenters. The number of aryl methyl sites for hydroxylation is 2. The number of aromatic amines is 1. The van der Waals surface area contributed by atoms with Gasteiger partial charge in [0.2, 0.25) is 0 Å². The number of rotatable bonds is 3. The first kappa shape index (κ1) is 16.4. The van der Waals surface area contributed by atoms with Crippen molar-refractivity contribution in [3.05, 3.63) is 58.2 Å². The van der Waals surface area contributed by atoms with Crippen molar-refractivity contribution in [2.45, 2.75) is 32.6 Å². The van der Waals surface area contributed by atoms with Crippen LogP contribution in [0.5, 0.6) is 0 Å². The Morgan fingerprint density at radius 2 is 1.96 bits per heavy atom. The lowest BCUT2D eigenvalue weighted by atomic mass is 9.92. The zero-order valence-electron chi connectivity index (χ0n) is 14.5. The van der Waals surface area contributed by atoms with Gasteiger partial charge in [0.25, 0.3) is 0 Å². The van der Waals surface area contributed by atoms with Crippen molar-refractivity contribution in [3.8, 4) is 5.69 Å². The summed E-state index contributed by atoms with van der Waals surface area (Å²) in [7, 11) is 0. The van der Waals surface area contributed by atoms with Gasteiger partial charge in [0, 0.05) is 35.2 Å². The molecular weight excluding hydrogens is 378 g/mol. The first-order valence-electron chi connectivity index (χ1n) is 8.69. The Hall–Kier alpha value is -2.08. The first-order valence-corrected chi connectivity index (χ1v) is 9.48. The SMILES string of the molecule is Cc1cc(N2CCC(c3nc[nH]c3C)CC2)n(-c2cccc(Br)c2)n1. The molecule has 1 N–H and O–H groups in total. The Balaban J connectivity index is 1.57. The third kappa shape index (κ3) is 3.23. The van der Waals surface area contributed by atoms with Crippen molar-refractivity contribution in [2.75, 3.05) is 18.0 Å². The van der Waals surface area contributed by atoms with Crippen LogP contribution < -0.4 is 4.90 Å². The van der Waals surface area contributed by atoms with Gasteiger partial charge in [-0.05, 0) is 44.9 Å². The zero-order chi connectivity index (χ0) is 17.4. The summed E-state index contributed by atoms with van der Waals surface area (Å²) in [6.07, 6.45) is 4.05. The molecule has 0 spiro atoms.